The summed E-state index contributed by atoms with van der Waals surface area (Å²) in [4.78, 5) is 137. The first-order valence-electron chi connectivity index (χ1n) is 40.9. The van der Waals surface area contributed by atoms with E-state index in [1.165, 1.54) is 49.5 Å². The first-order chi connectivity index (χ1) is 60.2. The number of aromatic hydroxyl groups is 4. The molecule has 8 heterocycles. The van der Waals surface area contributed by atoms with E-state index in [1.54, 1.807) is 0 Å². The number of hydrogen-bond acceptors (Lipinski definition) is 29. The molecule has 8 aliphatic rings. The quantitative estimate of drug-likeness (QED) is 0.0314. The summed E-state index contributed by atoms with van der Waals surface area (Å²) >= 11 is 14.3. The third kappa shape index (κ3) is 20.3. The van der Waals surface area contributed by atoms with Crippen LogP contribution in [-0.2, 0) is 63.8 Å². The number of phenolic OH excluding ortho intramolecular Hbond substituents is 4. The van der Waals surface area contributed by atoms with E-state index in [0.717, 1.165) is 105 Å². The fourth-order valence-corrected chi connectivity index (χ4v) is 16.0. The second-order valence-electron chi connectivity index (χ2n) is 31.8. The number of nitrogens with one attached hydrogen (secondary N) is 8. The number of amides is 7. The van der Waals surface area contributed by atoms with Crippen molar-refractivity contribution in [2.24, 2.45) is 5.92 Å². The Balaban J connectivity index is 1.04. The number of unbranched alkanes of at least 4 members (excludes halogenated alkanes) is 6. The highest BCUT2D eigenvalue weighted by Crippen LogP contribution is 2.51. The van der Waals surface area contributed by atoms with Gasteiger partial charge in [0, 0.05) is 47.2 Å². The van der Waals surface area contributed by atoms with Gasteiger partial charge in [0.1, 0.15) is 125 Å². The molecule has 17 bridgehead atoms. The summed E-state index contributed by atoms with van der Waals surface area (Å²) in [6.45, 7) is 4.93. The molecule has 0 spiro atoms. The zero-order chi connectivity index (χ0) is 90.4. The van der Waals surface area contributed by atoms with Gasteiger partial charge in [-0.3, -0.25) is 33.6 Å². The number of fused-ring (bicyclic) bond motifs is 14. The summed E-state index contributed by atoms with van der Waals surface area (Å²) in [5.41, 5.74) is -3.17. The van der Waals surface area contributed by atoms with Crippen molar-refractivity contribution in [3.05, 3.63) is 164 Å². The van der Waals surface area contributed by atoms with Gasteiger partial charge in [0.15, 0.2) is 35.1 Å². The molecular weight excluding hydrogens is 1690 g/mol. The van der Waals surface area contributed by atoms with Crippen LogP contribution in [0, 0.1) is 5.92 Å². The van der Waals surface area contributed by atoms with Crippen LogP contribution in [-0.4, -0.2) is 208 Å². The zero-order valence-corrected chi connectivity index (χ0v) is 69.7. The SMILES string of the molecule is CCCCOC(=O)[C@H]1O[C@@H](Oc2c3cc4cc2Oc2ccc(cc2Cl)C(O)C2NC(=O)C(NC(=O)C4NC(=O)C4NC(=O)C(Cc5ccc(cc5)O3)NC(=O)C(NC)c3ccc(O)c(c3)Oc3cc(O)c(Cl)c4c3)c3ccc(O)c(c3)-c3c(O[C@H]4O[C@H](CO)[C@@H](O)[C@H](O)[C@@H]4O)cc(O)cc3C(C(=O)O)NC2=O)[C@H](NC(=O)CCCCCCCCC(C)C)[C@@H](O)[C@@H]1O. The summed E-state index contributed by atoms with van der Waals surface area (Å²) in [6, 6.07) is 4.91. The number of aliphatic hydroxyl groups excluding tert-OH is 7. The van der Waals surface area contributed by atoms with Crippen molar-refractivity contribution in [1.82, 2.24) is 42.5 Å². The van der Waals surface area contributed by atoms with Crippen molar-refractivity contribution in [3.63, 3.8) is 0 Å². The van der Waals surface area contributed by atoms with E-state index in [-0.39, 0.29) is 41.4 Å². The zero-order valence-electron chi connectivity index (χ0n) is 68.2. The van der Waals surface area contributed by atoms with Crippen LogP contribution in [0.3, 0.4) is 0 Å². The number of aliphatic hydroxyl groups is 7. The van der Waals surface area contributed by atoms with E-state index >= 15 is 24.0 Å². The van der Waals surface area contributed by atoms with Gasteiger partial charge in [-0.15, -0.1) is 0 Å². The number of carbonyl (C=O) groups excluding carboxylic acids is 8. The second-order valence-corrected chi connectivity index (χ2v) is 32.6. The van der Waals surface area contributed by atoms with Gasteiger partial charge >= 0.3 is 11.9 Å². The van der Waals surface area contributed by atoms with Crippen LogP contribution < -0.4 is 66.2 Å². The standard InChI is InChI=1S/C87H96Cl2N8O29/c1-5-6-25-119-85(118)77-74(108)72(106)69(92-60(103)14-12-10-8-7-9-11-13-37(2)3)86(126-77)125-76-57-30-42-31-58(76)122-54-24-19-41(28-49(54)88)70(104)68-83(115)96-67(84(116)117)47-32-43(99)33-56(123-87-75(109)73(107)71(105)59(36-98)124-87)61(47)46-27-39(17-22-51(46)100)64(80(112)97-68)93-81(113)65(42)94-82(114)66-48-34-45(35-53(102)62(48)89)121-55-29-40(18-23-52(55)101)63(90-4)79(111)91-50(78(110)95-66)26-38-15-20-44(120-57)21-16-38/h15-24,27-35,37,50,59,63-75,77,86-87,90,98-102,104-109H,5-14,25-26,36H2,1-4H3,(H,91,111)(H,92,103)(H,93,113)(H,94,114)(H,95,110)(H,96,115)(H,97,112)(H,116,117)/t50?,59-,63?,64?,65?,66?,67?,68?,69-,70?,71-,72-,73+,74+,75+,77+,86-,87+/m1/s1. The monoisotopic (exact) mass is 1790 g/mol. The second kappa shape index (κ2) is 39.8. The number of ether oxygens (including phenoxy) is 8. The Morgan fingerprint density at radius 2 is 1.21 bits per heavy atom. The lowest BCUT2D eigenvalue weighted by atomic mass is 9.89. The number of rotatable bonds is 21. The molecule has 7 aromatic carbocycles. The molecule has 0 aliphatic carbocycles. The number of likely N-dealkylation sites (N-methyl/N-ethyl adjacent to an activating group) is 1. The number of phenols is 4. The van der Waals surface area contributed by atoms with Gasteiger partial charge in [0.05, 0.1) is 23.3 Å². The average molecular weight is 1790 g/mol. The predicted octanol–water partition coefficient (Wildman–Crippen LogP) is 5.44. The van der Waals surface area contributed by atoms with E-state index in [4.69, 9.17) is 61.1 Å². The molecule has 0 aromatic heterocycles. The maximum absolute atomic E-state index is 16.8. The first kappa shape index (κ1) is 91.8. The van der Waals surface area contributed by atoms with Crippen molar-refractivity contribution < 1.29 is 142 Å². The van der Waals surface area contributed by atoms with Crippen molar-refractivity contribution in [2.75, 3.05) is 20.3 Å². The highest BCUT2D eigenvalue weighted by Gasteiger charge is 2.52. The molecule has 126 heavy (non-hydrogen) atoms. The Morgan fingerprint density at radius 3 is 1.90 bits per heavy atom. The molecule has 8 unspecified atom stereocenters. The molecular formula is C87H96Cl2N8O29. The molecule has 15 rings (SSSR count). The lowest BCUT2D eigenvalue weighted by Crippen LogP contribution is -2.66. The Kier molecular flexibility index (Phi) is 29.0. The number of halogens is 2. The van der Waals surface area contributed by atoms with Gasteiger partial charge < -0.3 is 142 Å². The van der Waals surface area contributed by atoms with Crippen molar-refractivity contribution >= 4 is 76.5 Å². The van der Waals surface area contributed by atoms with Gasteiger partial charge in [-0.2, -0.15) is 0 Å². The molecule has 672 valence electrons. The molecule has 2 fully saturated rings. The highest BCUT2D eigenvalue weighted by atomic mass is 35.5. The number of carboxylic acids is 1. The fourth-order valence-electron chi connectivity index (χ4n) is 15.6. The van der Waals surface area contributed by atoms with Crippen LogP contribution >= 0.6 is 23.2 Å². The van der Waals surface area contributed by atoms with Crippen molar-refractivity contribution in [1.29, 1.82) is 0 Å². The molecule has 8 aliphatic heterocycles. The van der Waals surface area contributed by atoms with E-state index < -0.39 is 271 Å². The number of aliphatic carboxylic acids is 1. The normalized spacial score (nSPS) is 26.0. The van der Waals surface area contributed by atoms with Crippen LogP contribution in [0.5, 0.6) is 69.0 Å². The van der Waals surface area contributed by atoms with Crippen LogP contribution in [0.1, 0.15) is 160 Å². The number of hydrogen-bond donors (Lipinski definition) is 20. The Labute approximate surface area is 729 Å². The van der Waals surface area contributed by atoms with Gasteiger partial charge in [-0.25, -0.2) is 9.59 Å². The maximum atomic E-state index is 16.8. The number of benzene rings is 7. The van der Waals surface area contributed by atoms with Gasteiger partial charge in [0.25, 0.3) is 0 Å². The van der Waals surface area contributed by atoms with E-state index in [2.05, 4.69) is 56.4 Å². The molecule has 7 amide bonds. The van der Waals surface area contributed by atoms with Crippen LogP contribution in [0.4, 0.5) is 0 Å². The summed E-state index contributed by atoms with van der Waals surface area (Å²) in [5.74, 6) is -18.0. The van der Waals surface area contributed by atoms with Crippen molar-refractivity contribution in [3.8, 4) is 80.1 Å². The molecule has 39 heteroatoms. The van der Waals surface area contributed by atoms with Gasteiger partial charge in [0.2, 0.25) is 59.7 Å². The van der Waals surface area contributed by atoms with Crippen LogP contribution in [0.15, 0.2) is 115 Å². The Morgan fingerprint density at radius 1 is 0.556 bits per heavy atom. The Bertz CT molecular complexity index is 5280. The van der Waals surface area contributed by atoms with Crippen LogP contribution in [0.2, 0.25) is 10.0 Å². The lowest BCUT2D eigenvalue weighted by Gasteiger charge is -2.42. The number of esters is 1. The largest absolute Gasteiger partial charge is 0.508 e. The van der Waals surface area contributed by atoms with E-state index in [9.17, 15) is 80.5 Å². The van der Waals surface area contributed by atoms with Gasteiger partial charge in [-0.1, -0.05) is 119 Å². The molecule has 37 nitrogen and oxygen atoms in total. The summed E-state index contributed by atoms with van der Waals surface area (Å²) in [7, 11) is 1.43. The molecule has 20 N–H and O–H groups in total. The molecule has 18 atom stereocenters. The molecule has 0 radical (unpaired) electrons. The third-order valence-electron chi connectivity index (χ3n) is 22.4. The highest BCUT2D eigenvalue weighted by molar-refractivity contribution is 6.33. The Hall–Kier alpha value is -11.8. The smallest absolute Gasteiger partial charge is 0.338 e. The van der Waals surface area contributed by atoms with E-state index in [1.807, 2.05) is 6.92 Å². The van der Waals surface area contributed by atoms with E-state index in [0.29, 0.717) is 37.2 Å². The maximum Gasteiger partial charge on any atom is 0.338 e. The first-order valence-corrected chi connectivity index (χ1v) is 41.6. The molecule has 0 saturated carbocycles. The van der Waals surface area contributed by atoms with Crippen molar-refractivity contribution in [2.45, 2.75) is 201 Å². The molecule has 2 saturated heterocycles. The number of carbonyl (C=O) groups is 9. The van der Waals surface area contributed by atoms with Crippen LogP contribution in [0.25, 0.3) is 11.1 Å². The summed E-state index contributed by atoms with van der Waals surface area (Å²) in [5, 5.41) is 158. The summed E-state index contributed by atoms with van der Waals surface area (Å²) < 4.78 is 50.3. The lowest BCUT2D eigenvalue weighted by molar-refractivity contribution is -0.277. The predicted molar refractivity (Wildman–Crippen MR) is 442 cm³/mol. The van der Waals surface area contributed by atoms with Gasteiger partial charge in [-0.05, 0) is 126 Å². The fraction of sp³-hybridized carbons (Fsp3) is 0.414. The summed E-state index contributed by atoms with van der Waals surface area (Å²) in [6.07, 6.45) is -14.8. The molecule has 7 aromatic rings. The topological polar surface area (TPSA) is 566 Å². The minimum absolute atomic E-state index is 0.125. The minimum Gasteiger partial charge on any atom is -0.508 e. The minimum atomic E-state index is -2.45. The third-order valence-corrected chi connectivity index (χ3v) is 23.1. The average Bonchev–Trinajstić information content (AvgIpc) is 0.761. The number of carboxylic acid groups (broad SMARTS) is 1.